The lowest BCUT2D eigenvalue weighted by Crippen LogP contribution is -2.39. The van der Waals surface area contributed by atoms with E-state index in [1.807, 2.05) is 16.9 Å². The fourth-order valence-corrected chi connectivity index (χ4v) is 3.01. The highest BCUT2D eigenvalue weighted by molar-refractivity contribution is 14.0. The monoisotopic (exact) mass is 484 g/mol. The van der Waals surface area contributed by atoms with Gasteiger partial charge in [-0.3, -0.25) is 14.6 Å². The Morgan fingerprint density at radius 2 is 1.93 bits per heavy atom. The molecule has 8 heteroatoms. The van der Waals surface area contributed by atoms with Crippen molar-refractivity contribution in [1.82, 2.24) is 25.3 Å². The van der Waals surface area contributed by atoms with Crippen LogP contribution in [0.2, 0.25) is 0 Å². The van der Waals surface area contributed by atoms with E-state index < -0.39 is 0 Å². The van der Waals surface area contributed by atoms with E-state index in [9.17, 15) is 0 Å². The van der Waals surface area contributed by atoms with Gasteiger partial charge in [0, 0.05) is 52.2 Å². The number of benzene rings is 1. The van der Waals surface area contributed by atoms with E-state index in [-0.39, 0.29) is 24.0 Å². The highest BCUT2D eigenvalue weighted by Gasteiger charge is 2.12. The Morgan fingerprint density at radius 1 is 1.15 bits per heavy atom. The summed E-state index contributed by atoms with van der Waals surface area (Å²) >= 11 is 0. The largest absolute Gasteiger partial charge is 0.379 e. The number of nitrogens with zero attached hydrogens (tertiary/aromatic N) is 4. The number of ether oxygens (including phenoxy) is 1. The van der Waals surface area contributed by atoms with Crippen LogP contribution in [0.25, 0.3) is 0 Å². The number of guanidine groups is 1. The summed E-state index contributed by atoms with van der Waals surface area (Å²) in [5.41, 5.74) is 2.66. The van der Waals surface area contributed by atoms with Crippen LogP contribution in [0.1, 0.15) is 11.1 Å². The van der Waals surface area contributed by atoms with Crippen molar-refractivity contribution in [3.63, 3.8) is 0 Å². The molecule has 0 amide bonds. The summed E-state index contributed by atoms with van der Waals surface area (Å²) in [6.07, 6.45) is 3.75. The molecule has 0 saturated carbocycles. The van der Waals surface area contributed by atoms with Crippen LogP contribution in [0.4, 0.5) is 0 Å². The Hall–Kier alpha value is -1.65. The fraction of sp³-hybridized carbons (Fsp3) is 0.474. The average Bonchev–Trinajstić information content (AvgIpc) is 3.20. The van der Waals surface area contributed by atoms with Gasteiger partial charge in [-0.1, -0.05) is 24.3 Å². The molecule has 0 aliphatic carbocycles. The summed E-state index contributed by atoms with van der Waals surface area (Å²) in [6.45, 7) is 6.95. The molecule has 0 atom stereocenters. The minimum atomic E-state index is 0. The van der Waals surface area contributed by atoms with Gasteiger partial charge in [0.25, 0.3) is 0 Å². The minimum Gasteiger partial charge on any atom is -0.379 e. The van der Waals surface area contributed by atoms with Crippen molar-refractivity contribution in [3.8, 4) is 0 Å². The summed E-state index contributed by atoms with van der Waals surface area (Å²) < 4.78 is 7.34. The summed E-state index contributed by atoms with van der Waals surface area (Å²) in [6, 6.07) is 10.5. The molecule has 0 spiro atoms. The molecule has 7 nitrogen and oxygen atoms in total. The van der Waals surface area contributed by atoms with Crippen LogP contribution in [0.5, 0.6) is 0 Å². The lowest BCUT2D eigenvalue weighted by molar-refractivity contribution is 0.0341. The Bertz CT molecular complexity index is 685. The second-order valence-electron chi connectivity index (χ2n) is 6.28. The quantitative estimate of drug-likeness (QED) is 0.356. The van der Waals surface area contributed by atoms with Crippen LogP contribution in [-0.2, 0) is 24.4 Å². The molecule has 1 saturated heterocycles. The molecule has 1 aliphatic rings. The molecular formula is C19H29IN6O. The molecule has 27 heavy (non-hydrogen) atoms. The number of aromatic nitrogens is 2. The molecule has 0 unspecified atom stereocenters. The molecule has 1 aromatic heterocycles. The van der Waals surface area contributed by atoms with Crippen molar-refractivity contribution >= 4 is 29.9 Å². The average molecular weight is 484 g/mol. The predicted octanol–water partition coefficient (Wildman–Crippen LogP) is 1.70. The van der Waals surface area contributed by atoms with E-state index in [0.29, 0.717) is 0 Å². The maximum atomic E-state index is 5.44. The normalized spacial score (nSPS) is 15.2. The van der Waals surface area contributed by atoms with E-state index in [2.05, 4.69) is 49.9 Å². The number of aliphatic imine (C=N–C) groups is 1. The first kappa shape index (κ1) is 21.6. The van der Waals surface area contributed by atoms with Gasteiger partial charge in [-0.05, 0) is 17.2 Å². The SMILES string of the molecule is CN=C(NCCn1cccn1)NCc1ccccc1CN1CCOCC1.I. The molecule has 0 bridgehead atoms. The lowest BCUT2D eigenvalue weighted by atomic mass is 10.1. The van der Waals surface area contributed by atoms with Gasteiger partial charge >= 0.3 is 0 Å². The number of hydrogen-bond acceptors (Lipinski definition) is 4. The summed E-state index contributed by atoms with van der Waals surface area (Å²) in [4.78, 5) is 6.75. The first-order valence-electron chi connectivity index (χ1n) is 9.14. The highest BCUT2D eigenvalue weighted by atomic mass is 127. The summed E-state index contributed by atoms with van der Waals surface area (Å²) in [5, 5.41) is 10.9. The third-order valence-electron chi connectivity index (χ3n) is 4.48. The van der Waals surface area contributed by atoms with Crippen molar-refractivity contribution in [2.75, 3.05) is 39.9 Å². The van der Waals surface area contributed by atoms with Gasteiger partial charge < -0.3 is 15.4 Å². The molecule has 3 rings (SSSR count). The molecule has 148 valence electrons. The van der Waals surface area contributed by atoms with E-state index in [1.54, 1.807) is 13.2 Å². The van der Waals surface area contributed by atoms with E-state index in [1.165, 1.54) is 11.1 Å². The smallest absolute Gasteiger partial charge is 0.191 e. The first-order valence-corrected chi connectivity index (χ1v) is 9.14. The Balaban J connectivity index is 0.00000261. The number of rotatable bonds is 7. The zero-order chi connectivity index (χ0) is 18.0. The molecule has 1 aliphatic heterocycles. The molecule has 1 aromatic carbocycles. The van der Waals surface area contributed by atoms with Gasteiger partial charge in [0.2, 0.25) is 0 Å². The van der Waals surface area contributed by atoms with Crippen LogP contribution in [0.15, 0.2) is 47.7 Å². The molecule has 0 radical (unpaired) electrons. The summed E-state index contributed by atoms with van der Waals surface area (Å²) in [7, 11) is 1.79. The van der Waals surface area contributed by atoms with Crippen molar-refractivity contribution in [2.24, 2.45) is 4.99 Å². The van der Waals surface area contributed by atoms with Crippen LogP contribution in [-0.4, -0.2) is 60.5 Å². The second kappa shape index (κ2) is 11.9. The maximum absolute atomic E-state index is 5.44. The maximum Gasteiger partial charge on any atom is 0.191 e. The van der Waals surface area contributed by atoms with Crippen molar-refractivity contribution < 1.29 is 4.74 Å². The van der Waals surface area contributed by atoms with Crippen LogP contribution >= 0.6 is 24.0 Å². The summed E-state index contributed by atoms with van der Waals surface area (Å²) in [5.74, 6) is 0.804. The highest BCUT2D eigenvalue weighted by Crippen LogP contribution is 2.12. The van der Waals surface area contributed by atoms with Crippen LogP contribution in [0, 0.1) is 0 Å². The third kappa shape index (κ3) is 7.11. The molecule has 2 N–H and O–H groups in total. The third-order valence-corrected chi connectivity index (χ3v) is 4.48. The van der Waals surface area contributed by atoms with Gasteiger partial charge in [-0.25, -0.2) is 0 Å². The molecule has 2 aromatic rings. The van der Waals surface area contributed by atoms with Gasteiger partial charge in [-0.15, -0.1) is 24.0 Å². The van der Waals surface area contributed by atoms with Crippen molar-refractivity contribution in [1.29, 1.82) is 0 Å². The number of halogens is 1. The predicted molar refractivity (Wildman–Crippen MR) is 118 cm³/mol. The fourth-order valence-electron chi connectivity index (χ4n) is 3.01. The van der Waals surface area contributed by atoms with Gasteiger partial charge in [0.05, 0.1) is 19.8 Å². The molecule has 2 heterocycles. The van der Waals surface area contributed by atoms with E-state index in [0.717, 1.165) is 58.4 Å². The van der Waals surface area contributed by atoms with E-state index in [4.69, 9.17) is 4.74 Å². The van der Waals surface area contributed by atoms with Gasteiger partial charge in [0.1, 0.15) is 0 Å². The van der Waals surface area contributed by atoms with Crippen LogP contribution in [0.3, 0.4) is 0 Å². The number of hydrogen-bond donors (Lipinski definition) is 2. The van der Waals surface area contributed by atoms with E-state index >= 15 is 0 Å². The van der Waals surface area contributed by atoms with Crippen molar-refractivity contribution in [2.45, 2.75) is 19.6 Å². The second-order valence-corrected chi connectivity index (χ2v) is 6.28. The zero-order valence-corrected chi connectivity index (χ0v) is 18.1. The topological polar surface area (TPSA) is 66.7 Å². The Morgan fingerprint density at radius 3 is 2.63 bits per heavy atom. The Labute approximate surface area is 178 Å². The zero-order valence-electron chi connectivity index (χ0n) is 15.8. The van der Waals surface area contributed by atoms with Gasteiger partial charge in [0.15, 0.2) is 5.96 Å². The standard InChI is InChI=1S/C19H28N6O.HI/c1-20-19(21-8-10-25-9-4-7-23-25)22-15-17-5-2-3-6-18(17)16-24-11-13-26-14-12-24;/h2-7,9H,8,10-16H2,1H3,(H2,20,21,22);1H. The molecule has 1 fully saturated rings. The van der Waals surface area contributed by atoms with Crippen LogP contribution < -0.4 is 10.6 Å². The number of morpholine rings is 1. The first-order chi connectivity index (χ1) is 12.8. The van der Waals surface area contributed by atoms with Crippen molar-refractivity contribution in [3.05, 3.63) is 53.9 Å². The Kier molecular flexibility index (Phi) is 9.57. The number of nitrogens with one attached hydrogen (secondary N) is 2. The van der Waals surface area contributed by atoms with Gasteiger partial charge in [-0.2, -0.15) is 5.10 Å². The molecular weight excluding hydrogens is 455 g/mol. The minimum absolute atomic E-state index is 0. The lowest BCUT2D eigenvalue weighted by Gasteiger charge is -2.27.